The van der Waals surface area contributed by atoms with E-state index >= 15 is 0 Å². The Morgan fingerprint density at radius 3 is 2.86 bits per heavy atom. The summed E-state index contributed by atoms with van der Waals surface area (Å²) < 4.78 is 5.16. The third-order valence-electron chi connectivity index (χ3n) is 1.80. The number of amides is 1. The van der Waals surface area contributed by atoms with Crippen LogP contribution in [0.2, 0.25) is 0 Å². The Bertz CT molecular complexity index is 305. The van der Waals surface area contributed by atoms with Crippen LogP contribution in [-0.2, 0) is 11.2 Å². The van der Waals surface area contributed by atoms with Crippen molar-refractivity contribution in [1.29, 1.82) is 0 Å². The van der Waals surface area contributed by atoms with Gasteiger partial charge in [-0.25, -0.2) is 0 Å². The van der Waals surface area contributed by atoms with Crippen LogP contribution in [0.25, 0.3) is 0 Å². The number of hydrogen-bond donors (Lipinski definition) is 1. The summed E-state index contributed by atoms with van der Waals surface area (Å²) in [6, 6.07) is 1.85. The number of likely N-dealkylation sites (N-methyl/N-ethyl adjacent to an activating group) is 1. The molecule has 1 heterocycles. The molecule has 78 valence electrons. The van der Waals surface area contributed by atoms with Crippen molar-refractivity contribution in [2.75, 3.05) is 26.0 Å². The predicted molar refractivity (Wildman–Crippen MR) is 55.3 cm³/mol. The van der Waals surface area contributed by atoms with Crippen LogP contribution in [0.4, 0.5) is 5.88 Å². The zero-order chi connectivity index (χ0) is 10.6. The fraction of sp³-hybridized carbons (Fsp3) is 0.500. The van der Waals surface area contributed by atoms with E-state index in [1.807, 2.05) is 20.2 Å². The van der Waals surface area contributed by atoms with Crippen molar-refractivity contribution in [3.05, 3.63) is 17.9 Å². The number of carbonyl (C=O) groups excluding carboxylic acids is 1. The average Bonchev–Trinajstić information content (AvgIpc) is 2.47. The van der Waals surface area contributed by atoms with Crippen molar-refractivity contribution in [2.45, 2.75) is 13.3 Å². The topological polar surface area (TPSA) is 45.5 Å². The van der Waals surface area contributed by atoms with Gasteiger partial charge in [-0.05, 0) is 26.1 Å². The van der Waals surface area contributed by atoms with Gasteiger partial charge in [0.25, 0.3) is 0 Å². The number of carbonyl (C=O) groups is 1. The number of nitrogens with zero attached hydrogens (tertiary/aromatic N) is 1. The summed E-state index contributed by atoms with van der Waals surface area (Å²) in [6.45, 7) is 2.43. The Hall–Kier alpha value is -1.29. The maximum atomic E-state index is 10.7. The lowest BCUT2D eigenvalue weighted by Crippen LogP contribution is -2.14. The molecule has 0 saturated heterocycles. The Morgan fingerprint density at radius 2 is 2.29 bits per heavy atom. The van der Waals surface area contributed by atoms with Gasteiger partial charge < -0.3 is 9.32 Å². The summed E-state index contributed by atoms with van der Waals surface area (Å²) in [5.41, 5.74) is 1.10. The second-order valence-electron chi connectivity index (χ2n) is 3.55. The van der Waals surface area contributed by atoms with E-state index < -0.39 is 0 Å². The summed E-state index contributed by atoms with van der Waals surface area (Å²) >= 11 is 0. The summed E-state index contributed by atoms with van der Waals surface area (Å²) in [6.07, 6.45) is 2.60. The van der Waals surface area contributed by atoms with Gasteiger partial charge in [0.1, 0.15) is 0 Å². The van der Waals surface area contributed by atoms with E-state index in [4.69, 9.17) is 4.42 Å². The molecular formula is C10H16N2O2. The minimum absolute atomic E-state index is 0.112. The molecule has 1 amide bonds. The molecule has 0 spiro atoms. The first kappa shape index (κ1) is 10.8. The molecule has 4 nitrogen and oxygen atoms in total. The number of hydrogen-bond acceptors (Lipinski definition) is 3. The van der Waals surface area contributed by atoms with Crippen LogP contribution in [-0.4, -0.2) is 31.4 Å². The van der Waals surface area contributed by atoms with Crippen molar-refractivity contribution in [3.8, 4) is 0 Å². The van der Waals surface area contributed by atoms with Crippen LogP contribution in [0.5, 0.6) is 0 Å². The quantitative estimate of drug-likeness (QED) is 0.790. The molecule has 0 aliphatic rings. The molecule has 0 radical (unpaired) electrons. The Morgan fingerprint density at radius 1 is 1.57 bits per heavy atom. The molecule has 0 atom stereocenters. The van der Waals surface area contributed by atoms with E-state index in [1.165, 1.54) is 6.92 Å². The molecule has 0 saturated carbocycles. The van der Waals surface area contributed by atoms with Gasteiger partial charge in [-0.3, -0.25) is 10.1 Å². The highest BCUT2D eigenvalue weighted by Gasteiger charge is 2.03. The molecule has 1 aromatic rings. The maximum absolute atomic E-state index is 10.7. The summed E-state index contributed by atoms with van der Waals surface area (Å²) in [5, 5.41) is 2.59. The summed E-state index contributed by atoms with van der Waals surface area (Å²) in [5.74, 6) is 0.407. The lowest BCUT2D eigenvalue weighted by atomic mass is 10.2. The van der Waals surface area contributed by atoms with Gasteiger partial charge in [-0.2, -0.15) is 0 Å². The first-order valence-corrected chi connectivity index (χ1v) is 4.57. The van der Waals surface area contributed by atoms with E-state index in [2.05, 4.69) is 10.2 Å². The largest absolute Gasteiger partial charge is 0.448 e. The van der Waals surface area contributed by atoms with E-state index in [0.717, 1.165) is 18.5 Å². The number of anilines is 1. The highest BCUT2D eigenvalue weighted by Crippen LogP contribution is 2.13. The van der Waals surface area contributed by atoms with Crippen molar-refractivity contribution < 1.29 is 9.21 Å². The van der Waals surface area contributed by atoms with Crippen molar-refractivity contribution >= 4 is 11.8 Å². The number of furan rings is 1. The molecule has 0 fully saturated rings. The molecule has 0 unspecified atom stereocenters. The fourth-order valence-corrected chi connectivity index (χ4v) is 1.10. The van der Waals surface area contributed by atoms with Gasteiger partial charge in [0.15, 0.2) is 5.88 Å². The average molecular weight is 196 g/mol. The minimum atomic E-state index is -0.112. The molecular weight excluding hydrogens is 180 g/mol. The van der Waals surface area contributed by atoms with Crippen LogP contribution >= 0.6 is 0 Å². The third kappa shape index (κ3) is 3.62. The van der Waals surface area contributed by atoms with Crippen molar-refractivity contribution in [1.82, 2.24) is 4.90 Å². The first-order valence-electron chi connectivity index (χ1n) is 4.57. The van der Waals surface area contributed by atoms with Gasteiger partial charge in [0, 0.05) is 19.5 Å². The van der Waals surface area contributed by atoms with Gasteiger partial charge in [0.05, 0.1) is 6.26 Å². The van der Waals surface area contributed by atoms with E-state index in [0.29, 0.717) is 5.88 Å². The Balaban J connectivity index is 2.46. The Labute approximate surface area is 83.9 Å². The molecule has 1 rings (SSSR count). The highest BCUT2D eigenvalue weighted by atomic mass is 16.3. The lowest BCUT2D eigenvalue weighted by molar-refractivity contribution is -0.114. The van der Waals surface area contributed by atoms with Crippen LogP contribution < -0.4 is 5.32 Å². The second kappa shape index (κ2) is 4.81. The number of nitrogens with one attached hydrogen (secondary N) is 1. The molecule has 0 aliphatic heterocycles. The normalized spacial score (nSPS) is 10.6. The molecule has 1 N–H and O–H groups in total. The summed E-state index contributed by atoms with van der Waals surface area (Å²) in [7, 11) is 4.05. The fourth-order valence-electron chi connectivity index (χ4n) is 1.10. The molecule has 0 bridgehead atoms. The van der Waals surface area contributed by atoms with Crippen molar-refractivity contribution in [3.63, 3.8) is 0 Å². The second-order valence-corrected chi connectivity index (χ2v) is 3.55. The van der Waals surface area contributed by atoms with E-state index in [1.54, 1.807) is 6.26 Å². The zero-order valence-electron chi connectivity index (χ0n) is 8.83. The smallest absolute Gasteiger partial charge is 0.223 e. The van der Waals surface area contributed by atoms with Crippen LogP contribution in [0.15, 0.2) is 16.7 Å². The standard InChI is InChI=1S/C10H16N2O2/c1-8(13)11-10-6-9(7-14-10)4-5-12(2)3/h6-7H,4-5H2,1-3H3,(H,11,13). The molecule has 14 heavy (non-hydrogen) atoms. The molecule has 4 heteroatoms. The monoisotopic (exact) mass is 196 g/mol. The van der Waals surface area contributed by atoms with Gasteiger partial charge in [-0.15, -0.1) is 0 Å². The SMILES string of the molecule is CC(=O)Nc1cc(CCN(C)C)co1. The maximum Gasteiger partial charge on any atom is 0.223 e. The van der Waals surface area contributed by atoms with Gasteiger partial charge in [-0.1, -0.05) is 0 Å². The van der Waals surface area contributed by atoms with Crippen LogP contribution in [0.1, 0.15) is 12.5 Å². The van der Waals surface area contributed by atoms with Crippen LogP contribution in [0, 0.1) is 0 Å². The third-order valence-corrected chi connectivity index (χ3v) is 1.80. The van der Waals surface area contributed by atoms with Gasteiger partial charge >= 0.3 is 0 Å². The zero-order valence-corrected chi connectivity index (χ0v) is 8.83. The first-order chi connectivity index (χ1) is 6.58. The highest BCUT2D eigenvalue weighted by molar-refractivity contribution is 5.87. The van der Waals surface area contributed by atoms with Crippen molar-refractivity contribution in [2.24, 2.45) is 0 Å². The molecule has 0 aromatic carbocycles. The van der Waals surface area contributed by atoms with Crippen LogP contribution in [0.3, 0.4) is 0 Å². The number of rotatable bonds is 4. The van der Waals surface area contributed by atoms with E-state index in [9.17, 15) is 4.79 Å². The van der Waals surface area contributed by atoms with Gasteiger partial charge in [0.2, 0.25) is 5.91 Å². The van der Waals surface area contributed by atoms with E-state index in [-0.39, 0.29) is 5.91 Å². The molecule has 0 aliphatic carbocycles. The molecule has 1 aromatic heterocycles. The minimum Gasteiger partial charge on any atom is -0.448 e. The lowest BCUT2D eigenvalue weighted by Gasteiger charge is -2.06. The Kier molecular flexibility index (Phi) is 3.71. The predicted octanol–water partition coefficient (Wildman–Crippen LogP) is 1.34. The summed E-state index contributed by atoms with van der Waals surface area (Å²) in [4.78, 5) is 12.8.